The van der Waals surface area contributed by atoms with Gasteiger partial charge in [0, 0.05) is 11.6 Å². The van der Waals surface area contributed by atoms with Crippen LogP contribution in [-0.2, 0) is 0 Å². The van der Waals surface area contributed by atoms with Gasteiger partial charge in [0.25, 0.3) is 0 Å². The summed E-state index contributed by atoms with van der Waals surface area (Å²) in [5.74, 6) is -0.00775. The van der Waals surface area contributed by atoms with Crippen molar-refractivity contribution in [3.05, 3.63) is 11.1 Å². The molecule has 1 rings (SSSR count). The van der Waals surface area contributed by atoms with Crippen molar-refractivity contribution in [3.8, 4) is 0 Å². The molecule has 0 bridgehead atoms. The standard InChI is InChI=1S/C8H10ClF3.CHClO2/c1-7(2)4-5(7)3-6(9)8(10,11)12;2-1(3)4/h3,5H,4H2,1-2H3;(H,3,4)/b6-3+;. The van der Waals surface area contributed by atoms with Crippen LogP contribution >= 0.6 is 23.2 Å². The van der Waals surface area contributed by atoms with E-state index in [0.29, 0.717) is 0 Å². The van der Waals surface area contributed by atoms with Crippen LogP contribution in [0, 0.1) is 11.3 Å². The van der Waals surface area contributed by atoms with Crippen molar-refractivity contribution in [3.63, 3.8) is 0 Å². The first-order valence-corrected chi connectivity index (χ1v) is 5.05. The van der Waals surface area contributed by atoms with E-state index in [1.165, 1.54) is 0 Å². The van der Waals surface area contributed by atoms with E-state index in [0.717, 1.165) is 12.5 Å². The summed E-state index contributed by atoms with van der Waals surface area (Å²) in [5, 5.41) is 6.19. The molecule has 1 atom stereocenters. The summed E-state index contributed by atoms with van der Waals surface area (Å²) in [6.45, 7) is 3.85. The van der Waals surface area contributed by atoms with Crippen molar-refractivity contribution in [2.75, 3.05) is 0 Å². The lowest BCUT2D eigenvalue weighted by Gasteiger charge is -2.04. The second-order valence-corrected chi connectivity index (χ2v) is 4.80. The highest BCUT2D eigenvalue weighted by atomic mass is 35.5. The molecule has 7 heteroatoms. The molecule has 0 spiro atoms. The average molecular weight is 279 g/mol. The van der Waals surface area contributed by atoms with Gasteiger partial charge in [-0.05, 0) is 17.8 Å². The van der Waals surface area contributed by atoms with Crippen LogP contribution in [-0.4, -0.2) is 16.7 Å². The molecule has 0 aromatic heterocycles. The number of carboxylic acid groups (broad SMARTS) is 1. The van der Waals surface area contributed by atoms with Crippen molar-refractivity contribution < 1.29 is 23.1 Å². The molecule has 16 heavy (non-hydrogen) atoms. The Bertz CT molecular complexity index is 294. The third kappa shape index (κ3) is 6.23. The van der Waals surface area contributed by atoms with Gasteiger partial charge in [0.15, 0.2) is 0 Å². The van der Waals surface area contributed by atoms with Gasteiger partial charge >= 0.3 is 11.6 Å². The van der Waals surface area contributed by atoms with E-state index in [-0.39, 0.29) is 11.3 Å². The molecule has 0 heterocycles. The van der Waals surface area contributed by atoms with Crippen LogP contribution in [0.5, 0.6) is 0 Å². The first-order chi connectivity index (χ1) is 6.97. The first-order valence-electron chi connectivity index (χ1n) is 4.30. The highest BCUT2D eigenvalue weighted by molar-refractivity contribution is 6.60. The van der Waals surface area contributed by atoms with Gasteiger partial charge in [0.05, 0.1) is 0 Å². The lowest BCUT2D eigenvalue weighted by atomic mass is 10.1. The Morgan fingerprint density at radius 1 is 1.44 bits per heavy atom. The smallest absolute Gasteiger partial charge is 0.426 e. The van der Waals surface area contributed by atoms with Crippen molar-refractivity contribution in [2.24, 2.45) is 11.3 Å². The van der Waals surface area contributed by atoms with Crippen LogP contribution in [0.2, 0.25) is 0 Å². The molecule has 1 unspecified atom stereocenters. The van der Waals surface area contributed by atoms with Crippen LogP contribution in [0.1, 0.15) is 20.3 Å². The summed E-state index contributed by atoms with van der Waals surface area (Å²) in [7, 11) is 0. The minimum absolute atomic E-state index is 0.00535. The Hall–Kier alpha value is -0.420. The monoisotopic (exact) mass is 278 g/mol. The number of alkyl halides is 3. The third-order valence-corrected chi connectivity index (χ3v) is 2.55. The zero-order valence-corrected chi connectivity index (χ0v) is 10.1. The fourth-order valence-electron chi connectivity index (χ4n) is 1.06. The van der Waals surface area contributed by atoms with Crippen molar-refractivity contribution in [1.29, 1.82) is 0 Å². The Morgan fingerprint density at radius 3 is 1.94 bits per heavy atom. The zero-order chi connectivity index (χ0) is 13.1. The predicted octanol–water partition coefficient (Wildman–Crippen LogP) is 4.62. The molecule has 0 amide bonds. The molecule has 0 aromatic carbocycles. The summed E-state index contributed by atoms with van der Waals surface area (Å²) >= 11 is 9.25. The number of halogens is 5. The van der Waals surface area contributed by atoms with Crippen molar-refractivity contribution in [2.45, 2.75) is 26.4 Å². The summed E-state index contributed by atoms with van der Waals surface area (Å²) in [4.78, 5) is 8.77. The molecular weight excluding hydrogens is 268 g/mol. The van der Waals surface area contributed by atoms with E-state index in [2.05, 4.69) is 11.6 Å². The van der Waals surface area contributed by atoms with E-state index in [9.17, 15) is 13.2 Å². The Balaban J connectivity index is 0.000000487. The van der Waals surface area contributed by atoms with Crippen molar-refractivity contribution in [1.82, 2.24) is 0 Å². The first kappa shape index (κ1) is 15.6. The maximum absolute atomic E-state index is 11.9. The number of hydrogen-bond donors (Lipinski definition) is 1. The summed E-state index contributed by atoms with van der Waals surface area (Å²) in [5.41, 5.74) is -1.36. The molecule has 0 radical (unpaired) electrons. The normalized spacial score (nSPS) is 23.2. The van der Waals surface area contributed by atoms with Crippen LogP contribution in [0.3, 0.4) is 0 Å². The fourth-order valence-corrected chi connectivity index (χ4v) is 1.22. The molecule has 0 aromatic rings. The van der Waals surface area contributed by atoms with Gasteiger partial charge in [0.1, 0.15) is 5.03 Å². The van der Waals surface area contributed by atoms with Gasteiger partial charge in [-0.2, -0.15) is 13.2 Å². The van der Waals surface area contributed by atoms with Gasteiger partial charge in [-0.25, -0.2) is 4.79 Å². The van der Waals surface area contributed by atoms with Crippen molar-refractivity contribution >= 4 is 28.6 Å². The molecule has 2 nitrogen and oxygen atoms in total. The summed E-state index contributed by atoms with van der Waals surface area (Å²) in [6, 6.07) is 0. The highest BCUT2D eigenvalue weighted by Crippen LogP contribution is 2.53. The van der Waals surface area contributed by atoms with Gasteiger partial charge < -0.3 is 5.11 Å². The Labute approximate surface area is 101 Å². The largest absolute Gasteiger partial charge is 0.469 e. The lowest BCUT2D eigenvalue weighted by Crippen LogP contribution is -2.07. The van der Waals surface area contributed by atoms with Gasteiger partial charge in [-0.15, -0.1) is 0 Å². The number of carbonyl (C=O) groups is 1. The highest BCUT2D eigenvalue weighted by Gasteiger charge is 2.46. The maximum Gasteiger partial charge on any atom is 0.426 e. The van der Waals surface area contributed by atoms with Crippen LogP contribution in [0.25, 0.3) is 0 Å². The van der Waals surface area contributed by atoms with Crippen LogP contribution in [0.4, 0.5) is 18.0 Å². The average Bonchev–Trinajstić information content (AvgIpc) is 2.54. The molecule has 0 saturated heterocycles. The molecule has 94 valence electrons. The van der Waals surface area contributed by atoms with E-state index in [4.69, 9.17) is 21.5 Å². The minimum Gasteiger partial charge on any atom is -0.469 e. The minimum atomic E-state index is -4.37. The predicted molar refractivity (Wildman–Crippen MR) is 55.8 cm³/mol. The van der Waals surface area contributed by atoms with Crippen LogP contribution in [0.15, 0.2) is 11.1 Å². The molecule has 1 N–H and O–H groups in total. The van der Waals surface area contributed by atoms with Crippen LogP contribution < -0.4 is 0 Å². The topological polar surface area (TPSA) is 37.3 Å². The summed E-state index contributed by atoms with van der Waals surface area (Å²) in [6.07, 6.45) is -2.47. The molecule has 1 fully saturated rings. The fraction of sp³-hybridized carbons (Fsp3) is 0.667. The van der Waals surface area contributed by atoms with Gasteiger partial charge in [0.2, 0.25) is 0 Å². The Kier molecular flexibility index (Phi) is 5.14. The quantitative estimate of drug-likeness (QED) is 0.711. The second-order valence-electron chi connectivity index (χ2n) is 4.06. The third-order valence-electron chi connectivity index (χ3n) is 2.21. The van der Waals surface area contributed by atoms with E-state index < -0.39 is 16.6 Å². The molecule has 1 aliphatic carbocycles. The van der Waals surface area contributed by atoms with E-state index >= 15 is 0 Å². The number of rotatable bonds is 1. The maximum atomic E-state index is 11.9. The molecule has 1 saturated carbocycles. The number of hydrogen-bond acceptors (Lipinski definition) is 1. The van der Waals surface area contributed by atoms with E-state index in [1.807, 2.05) is 13.8 Å². The van der Waals surface area contributed by atoms with Gasteiger partial charge in [-0.3, -0.25) is 0 Å². The number of allylic oxidation sites excluding steroid dienone is 2. The lowest BCUT2D eigenvalue weighted by molar-refractivity contribution is -0.0848. The van der Waals surface area contributed by atoms with E-state index in [1.54, 1.807) is 0 Å². The second kappa shape index (κ2) is 5.27. The SMILES string of the molecule is CC1(C)CC1/C=C(/Cl)C(F)(F)F.O=C(O)Cl. The van der Waals surface area contributed by atoms with Gasteiger partial charge in [-0.1, -0.05) is 31.5 Å². The molecule has 0 aliphatic heterocycles. The Morgan fingerprint density at radius 2 is 1.75 bits per heavy atom. The summed E-state index contributed by atoms with van der Waals surface area (Å²) < 4.78 is 35.7. The molecular formula is C9H11Cl2F3O2. The zero-order valence-electron chi connectivity index (χ0n) is 8.61. The molecule has 1 aliphatic rings.